The fourth-order valence-corrected chi connectivity index (χ4v) is 3.08. The second-order valence-electron chi connectivity index (χ2n) is 5.75. The molecule has 0 saturated carbocycles. The van der Waals surface area contributed by atoms with Gasteiger partial charge < -0.3 is 14.6 Å². The Morgan fingerprint density at radius 3 is 2.42 bits per heavy atom. The molecule has 1 aromatic carbocycles. The van der Waals surface area contributed by atoms with Gasteiger partial charge in [0.25, 0.3) is 5.91 Å². The van der Waals surface area contributed by atoms with Crippen LogP contribution >= 0.6 is 0 Å². The third kappa shape index (κ3) is 4.67. The van der Waals surface area contributed by atoms with Gasteiger partial charge in [-0.2, -0.15) is 0 Å². The lowest BCUT2D eigenvalue weighted by Crippen LogP contribution is -3.08. The van der Waals surface area contributed by atoms with E-state index in [0.29, 0.717) is 12.2 Å². The Bertz CT molecular complexity index is 768. The van der Waals surface area contributed by atoms with E-state index in [0.717, 1.165) is 15.0 Å². The van der Waals surface area contributed by atoms with E-state index < -0.39 is 10.0 Å². The summed E-state index contributed by atoms with van der Waals surface area (Å²) in [5, 5.41) is 2.76. The SMILES string of the molecule is CN(C)S(=O)(=O)c1ccc(NC(=O)C[NH+](C)Cc2ccco2)cc1. The van der Waals surface area contributed by atoms with Crippen LogP contribution in [0.15, 0.2) is 52.0 Å². The molecule has 130 valence electrons. The van der Waals surface area contributed by atoms with Crippen LogP contribution in [-0.2, 0) is 21.4 Å². The van der Waals surface area contributed by atoms with Gasteiger partial charge in [-0.05, 0) is 36.4 Å². The molecule has 0 aliphatic rings. The molecule has 0 bridgehead atoms. The van der Waals surface area contributed by atoms with Gasteiger partial charge in [0.15, 0.2) is 12.3 Å². The van der Waals surface area contributed by atoms with E-state index in [1.165, 1.54) is 26.2 Å². The van der Waals surface area contributed by atoms with Crippen LogP contribution in [0.25, 0.3) is 0 Å². The number of quaternary nitrogens is 1. The van der Waals surface area contributed by atoms with Gasteiger partial charge in [0.2, 0.25) is 10.0 Å². The number of rotatable bonds is 7. The van der Waals surface area contributed by atoms with Crippen LogP contribution in [0.4, 0.5) is 5.69 Å². The number of furan rings is 1. The van der Waals surface area contributed by atoms with E-state index in [9.17, 15) is 13.2 Å². The van der Waals surface area contributed by atoms with E-state index in [2.05, 4.69) is 5.32 Å². The van der Waals surface area contributed by atoms with Crippen LogP contribution in [0, 0.1) is 0 Å². The lowest BCUT2D eigenvalue weighted by Gasteiger charge is -2.13. The fourth-order valence-electron chi connectivity index (χ4n) is 2.17. The first-order valence-electron chi connectivity index (χ1n) is 7.45. The molecular weight excluding hydrogens is 330 g/mol. The van der Waals surface area contributed by atoms with E-state index in [1.54, 1.807) is 18.4 Å². The van der Waals surface area contributed by atoms with E-state index in [-0.39, 0.29) is 17.3 Å². The Balaban J connectivity index is 1.92. The molecule has 0 aliphatic carbocycles. The number of anilines is 1. The number of sulfonamides is 1. The maximum Gasteiger partial charge on any atom is 0.279 e. The molecule has 0 saturated heterocycles. The summed E-state index contributed by atoms with van der Waals surface area (Å²) in [6.45, 7) is 0.888. The second kappa shape index (κ2) is 7.61. The topological polar surface area (TPSA) is 84.1 Å². The van der Waals surface area contributed by atoms with Crippen molar-refractivity contribution in [3.8, 4) is 0 Å². The highest BCUT2D eigenvalue weighted by atomic mass is 32.2. The maximum absolute atomic E-state index is 12.1. The van der Waals surface area contributed by atoms with Crippen molar-refractivity contribution in [1.29, 1.82) is 0 Å². The zero-order valence-electron chi connectivity index (χ0n) is 13.9. The molecule has 1 unspecified atom stereocenters. The molecule has 8 heteroatoms. The molecule has 1 amide bonds. The minimum atomic E-state index is -3.46. The van der Waals surface area contributed by atoms with Gasteiger partial charge >= 0.3 is 0 Å². The summed E-state index contributed by atoms with van der Waals surface area (Å²) in [6.07, 6.45) is 1.60. The van der Waals surface area contributed by atoms with Crippen molar-refractivity contribution in [3.05, 3.63) is 48.4 Å². The number of carbonyl (C=O) groups excluding carboxylic acids is 1. The summed E-state index contributed by atoms with van der Waals surface area (Å²) in [7, 11) is 1.38. The summed E-state index contributed by atoms with van der Waals surface area (Å²) in [5.74, 6) is 0.667. The minimum absolute atomic E-state index is 0.151. The highest BCUT2D eigenvalue weighted by Crippen LogP contribution is 2.16. The summed E-state index contributed by atoms with van der Waals surface area (Å²) in [4.78, 5) is 13.2. The zero-order chi connectivity index (χ0) is 17.7. The average Bonchev–Trinajstić information content (AvgIpc) is 3.00. The van der Waals surface area contributed by atoms with Gasteiger partial charge in [-0.15, -0.1) is 0 Å². The van der Waals surface area contributed by atoms with Gasteiger partial charge in [0.05, 0.1) is 18.2 Å². The highest BCUT2D eigenvalue weighted by molar-refractivity contribution is 7.89. The van der Waals surface area contributed by atoms with Crippen LogP contribution in [0.2, 0.25) is 0 Å². The van der Waals surface area contributed by atoms with Gasteiger partial charge in [-0.3, -0.25) is 4.79 Å². The first kappa shape index (κ1) is 18.2. The molecule has 1 heterocycles. The first-order chi connectivity index (χ1) is 11.3. The largest absolute Gasteiger partial charge is 0.463 e. The molecule has 0 aliphatic heterocycles. The van der Waals surface area contributed by atoms with E-state index in [1.807, 2.05) is 19.2 Å². The number of hydrogen-bond acceptors (Lipinski definition) is 4. The highest BCUT2D eigenvalue weighted by Gasteiger charge is 2.17. The molecule has 1 atom stereocenters. The smallest absolute Gasteiger partial charge is 0.279 e. The number of benzene rings is 1. The summed E-state index contributed by atoms with van der Waals surface area (Å²) in [5.41, 5.74) is 0.559. The standard InChI is InChI=1S/C16H21N3O4S/c1-18(2)24(21,22)15-8-6-13(7-9-15)17-16(20)12-19(3)11-14-5-4-10-23-14/h4-10H,11-12H2,1-3H3,(H,17,20)/p+1. The Morgan fingerprint density at radius 2 is 1.88 bits per heavy atom. The second-order valence-corrected chi connectivity index (χ2v) is 7.90. The summed E-state index contributed by atoms with van der Waals surface area (Å²) >= 11 is 0. The number of carbonyl (C=O) groups is 1. The maximum atomic E-state index is 12.1. The summed E-state index contributed by atoms with van der Waals surface area (Å²) < 4.78 is 30.4. The average molecular weight is 352 g/mol. The molecule has 0 radical (unpaired) electrons. The van der Waals surface area contributed by atoms with Crippen LogP contribution < -0.4 is 10.2 Å². The normalized spacial score (nSPS) is 13.0. The molecule has 7 nitrogen and oxygen atoms in total. The van der Waals surface area contributed by atoms with Crippen LogP contribution in [-0.4, -0.2) is 46.3 Å². The lowest BCUT2D eigenvalue weighted by molar-refractivity contribution is -0.886. The number of hydrogen-bond donors (Lipinski definition) is 2. The van der Waals surface area contributed by atoms with Crippen molar-refractivity contribution >= 4 is 21.6 Å². The first-order valence-corrected chi connectivity index (χ1v) is 8.89. The molecule has 2 N–H and O–H groups in total. The van der Waals surface area contributed by atoms with E-state index in [4.69, 9.17) is 4.42 Å². The van der Waals surface area contributed by atoms with E-state index >= 15 is 0 Å². The van der Waals surface area contributed by atoms with Crippen LogP contribution in [0.1, 0.15) is 5.76 Å². The van der Waals surface area contributed by atoms with Gasteiger partial charge in [0.1, 0.15) is 6.54 Å². The Morgan fingerprint density at radius 1 is 1.21 bits per heavy atom. The number of nitrogens with zero attached hydrogens (tertiary/aromatic N) is 1. The Kier molecular flexibility index (Phi) is 5.76. The lowest BCUT2D eigenvalue weighted by atomic mass is 10.3. The van der Waals surface area contributed by atoms with Gasteiger partial charge in [0, 0.05) is 19.8 Å². The third-order valence-corrected chi connectivity index (χ3v) is 5.26. The van der Waals surface area contributed by atoms with Crippen molar-refractivity contribution in [3.63, 3.8) is 0 Å². The van der Waals surface area contributed by atoms with Gasteiger partial charge in [-0.25, -0.2) is 12.7 Å². The van der Waals surface area contributed by atoms with Crippen molar-refractivity contribution in [1.82, 2.24) is 4.31 Å². The predicted octanol–water partition coefficient (Wildman–Crippen LogP) is 0.183. The van der Waals surface area contributed by atoms with Crippen LogP contribution in [0.5, 0.6) is 0 Å². The van der Waals surface area contributed by atoms with Gasteiger partial charge in [-0.1, -0.05) is 0 Å². The van der Waals surface area contributed by atoms with Crippen molar-refractivity contribution in [2.24, 2.45) is 0 Å². The van der Waals surface area contributed by atoms with Crippen molar-refractivity contribution in [2.75, 3.05) is 33.0 Å². The predicted molar refractivity (Wildman–Crippen MR) is 90.1 cm³/mol. The molecular formula is C16H22N3O4S+. The zero-order valence-corrected chi connectivity index (χ0v) is 14.8. The Hall–Kier alpha value is -2.16. The molecule has 0 fully saturated rings. The molecule has 0 spiro atoms. The molecule has 1 aromatic heterocycles. The minimum Gasteiger partial charge on any atom is -0.463 e. The monoisotopic (exact) mass is 352 g/mol. The molecule has 24 heavy (non-hydrogen) atoms. The number of amides is 1. The van der Waals surface area contributed by atoms with Crippen molar-refractivity contribution in [2.45, 2.75) is 11.4 Å². The summed E-state index contributed by atoms with van der Waals surface area (Å²) in [6, 6.07) is 9.79. The molecule has 2 rings (SSSR count). The van der Waals surface area contributed by atoms with Crippen LogP contribution in [0.3, 0.4) is 0 Å². The van der Waals surface area contributed by atoms with Crippen molar-refractivity contribution < 1.29 is 22.5 Å². The number of likely N-dealkylation sites (N-methyl/N-ethyl adjacent to an activating group) is 1. The third-order valence-electron chi connectivity index (χ3n) is 3.44. The Labute approximate surface area is 141 Å². The fraction of sp³-hybridized carbons (Fsp3) is 0.312. The quantitative estimate of drug-likeness (QED) is 0.745. The number of nitrogens with one attached hydrogen (secondary N) is 2. The molecule has 2 aromatic rings.